The lowest BCUT2D eigenvalue weighted by Crippen LogP contribution is -2.54. The molecule has 3 saturated heterocycles. The van der Waals surface area contributed by atoms with Gasteiger partial charge in [-0.3, -0.25) is 14.5 Å². The van der Waals surface area contributed by atoms with Crippen molar-refractivity contribution >= 4 is 11.8 Å². The SMILES string of the molecule is C=C[C@]1(C)CC[C@@H]2C[C@H]1C(=C)CN1CC(C1)C(=O)NCCCCCC(=O)NCC2=C. The molecule has 1 saturated carbocycles. The molecule has 2 amide bonds. The minimum Gasteiger partial charge on any atom is -0.356 e. The second-order valence-corrected chi connectivity index (χ2v) is 9.82. The quantitative estimate of drug-likeness (QED) is 0.648. The molecule has 0 aromatic heterocycles. The highest BCUT2D eigenvalue weighted by molar-refractivity contribution is 5.80. The Labute approximate surface area is 182 Å². The summed E-state index contributed by atoms with van der Waals surface area (Å²) in [7, 11) is 0. The number of amides is 2. The van der Waals surface area contributed by atoms with E-state index in [1.165, 1.54) is 5.57 Å². The van der Waals surface area contributed by atoms with Crippen LogP contribution in [-0.2, 0) is 9.59 Å². The maximum atomic E-state index is 12.3. The van der Waals surface area contributed by atoms with Gasteiger partial charge in [-0.25, -0.2) is 0 Å². The molecule has 1 aliphatic carbocycles. The molecule has 3 atom stereocenters. The van der Waals surface area contributed by atoms with Crippen molar-refractivity contribution in [3.8, 4) is 0 Å². The van der Waals surface area contributed by atoms with Crippen molar-refractivity contribution in [3.63, 3.8) is 0 Å². The van der Waals surface area contributed by atoms with Gasteiger partial charge < -0.3 is 10.6 Å². The Morgan fingerprint density at radius 1 is 1.07 bits per heavy atom. The highest BCUT2D eigenvalue weighted by atomic mass is 16.2. The van der Waals surface area contributed by atoms with Gasteiger partial charge in [0.05, 0.1) is 5.92 Å². The molecule has 0 unspecified atom stereocenters. The van der Waals surface area contributed by atoms with Crippen LogP contribution in [0.15, 0.2) is 37.0 Å². The van der Waals surface area contributed by atoms with Gasteiger partial charge in [0.1, 0.15) is 0 Å². The van der Waals surface area contributed by atoms with Crippen LogP contribution in [0, 0.1) is 23.2 Å². The van der Waals surface area contributed by atoms with E-state index in [1.807, 2.05) is 0 Å². The van der Waals surface area contributed by atoms with Gasteiger partial charge in [-0.2, -0.15) is 0 Å². The molecular weight excluding hydrogens is 374 g/mol. The Kier molecular flexibility index (Phi) is 7.56. The normalized spacial score (nSPS) is 37.0. The van der Waals surface area contributed by atoms with E-state index < -0.39 is 0 Å². The first-order chi connectivity index (χ1) is 14.3. The van der Waals surface area contributed by atoms with E-state index in [-0.39, 0.29) is 23.1 Å². The molecule has 4 aliphatic rings. The number of hydrogen-bond acceptors (Lipinski definition) is 3. The van der Waals surface area contributed by atoms with Gasteiger partial charge in [-0.15, -0.1) is 6.58 Å². The van der Waals surface area contributed by atoms with Crippen LogP contribution in [0.1, 0.15) is 51.9 Å². The van der Waals surface area contributed by atoms with Gasteiger partial charge in [-0.05, 0) is 49.4 Å². The molecule has 4 rings (SSSR count). The Hall–Kier alpha value is -1.88. The van der Waals surface area contributed by atoms with Crippen LogP contribution >= 0.6 is 0 Å². The molecule has 4 bridgehead atoms. The fourth-order valence-electron chi connectivity index (χ4n) is 5.23. The van der Waals surface area contributed by atoms with Gasteiger partial charge in [0.15, 0.2) is 0 Å². The van der Waals surface area contributed by atoms with Crippen molar-refractivity contribution in [3.05, 3.63) is 37.0 Å². The average molecular weight is 414 g/mol. The third-order valence-electron chi connectivity index (χ3n) is 7.53. The van der Waals surface area contributed by atoms with Crippen molar-refractivity contribution in [1.29, 1.82) is 0 Å². The topological polar surface area (TPSA) is 61.4 Å². The zero-order valence-corrected chi connectivity index (χ0v) is 18.7. The molecule has 2 N–H and O–H groups in total. The highest BCUT2D eigenvalue weighted by Gasteiger charge is 2.41. The van der Waals surface area contributed by atoms with Crippen LogP contribution in [0.5, 0.6) is 0 Å². The summed E-state index contributed by atoms with van der Waals surface area (Å²) in [5, 5.41) is 6.11. The molecule has 0 spiro atoms. The van der Waals surface area contributed by atoms with E-state index in [9.17, 15) is 9.59 Å². The smallest absolute Gasteiger partial charge is 0.225 e. The molecule has 0 aromatic rings. The summed E-state index contributed by atoms with van der Waals surface area (Å²) < 4.78 is 0. The lowest BCUT2D eigenvalue weighted by atomic mass is 9.61. The number of carbonyl (C=O) groups excluding carboxylic acids is 2. The van der Waals surface area contributed by atoms with Crippen molar-refractivity contribution in [1.82, 2.24) is 15.5 Å². The Balaban J connectivity index is 1.69. The van der Waals surface area contributed by atoms with Gasteiger partial charge in [0, 0.05) is 39.1 Å². The summed E-state index contributed by atoms with van der Waals surface area (Å²) in [5.74, 6) is 1.10. The lowest BCUT2D eigenvalue weighted by Gasteiger charge is -2.46. The Morgan fingerprint density at radius 3 is 2.57 bits per heavy atom. The van der Waals surface area contributed by atoms with Gasteiger partial charge in [-0.1, -0.05) is 43.7 Å². The van der Waals surface area contributed by atoms with Gasteiger partial charge in [0.2, 0.25) is 11.8 Å². The van der Waals surface area contributed by atoms with Crippen LogP contribution in [0.2, 0.25) is 0 Å². The lowest BCUT2D eigenvalue weighted by molar-refractivity contribution is -0.130. The molecule has 3 heterocycles. The zero-order chi connectivity index (χ0) is 21.7. The molecule has 30 heavy (non-hydrogen) atoms. The summed E-state index contributed by atoms with van der Waals surface area (Å²) >= 11 is 0. The number of hydrogen-bond donors (Lipinski definition) is 2. The van der Waals surface area contributed by atoms with E-state index in [0.29, 0.717) is 31.3 Å². The number of nitrogens with one attached hydrogen (secondary N) is 2. The van der Waals surface area contributed by atoms with Crippen molar-refractivity contribution in [2.45, 2.75) is 51.9 Å². The minimum absolute atomic E-state index is 0.0392. The minimum atomic E-state index is 0.0392. The standard InChI is InChI=1S/C25H39N3O2/c1-5-25(4)11-10-20-13-22(25)19(3)15-28-16-21(17-28)24(30)26-12-8-6-7-9-23(29)27-14-18(20)2/h5,20-22H,1-3,6-17H2,4H3,(H,26,30)(H,27,29)/t20-,22+,25-/m1/s1. The predicted molar refractivity (Wildman–Crippen MR) is 122 cm³/mol. The first kappa shape index (κ1) is 22.8. The highest BCUT2D eigenvalue weighted by Crippen LogP contribution is 2.49. The molecule has 5 nitrogen and oxygen atoms in total. The second kappa shape index (κ2) is 9.95. The molecule has 0 radical (unpaired) electrons. The third kappa shape index (κ3) is 5.42. The van der Waals surface area contributed by atoms with Crippen molar-refractivity contribution in [2.75, 3.05) is 32.7 Å². The molecular formula is C25H39N3O2. The molecule has 166 valence electrons. The number of allylic oxidation sites excluding steroid dienone is 1. The third-order valence-corrected chi connectivity index (χ3v) is 7.53. The maximum Gasteiger partial charge on any atom is 0.225 e. The first-order valence-electron chi connectivity index (χ1n) is 11.6. The summed E-state index contributed by atoms with van der Waals surface area (Å²) in [6.45, 7) is 18.9. The number of carbonyl (C=O) groups is 2. The molecule has 5 heteroatoms. The van der Waals surface area contributed by atoms with Crippen molar-refractivity contribution < 1.29 is 9.59 Å². The summed E-state index contributed by atoms with van der Waals surface area (Å²) in [6, 6.07) is 0. The van der Waals surface area contributed by atoms with Crippen LogP contribution in [0.4, 0.5) is 0 Å². The Bertz CT molecular complexity index is 695. The molecule has 3 aliphatic heterocycles. The van der Waals surface area contributed by atoms with Gasteiger partial charge in [0.25, 0.3) is 0 Å². The molecule has 4 fully saturated rings. The predicted octanol–water partition coefficient (Wildman–Crippen LogP) is 3.45. The summed E-state index contributed by atoms with van der Waals surface area (Å²) in [4.78, 5) is 26.9. The van der Waals surface area contributed by atoms with E-state index in [1.54, 1.807) is 0 Å². The maximum absolute atomic E-state index is 12.3. The fourth-order valence-corrected chi connectivity index (χ4v) is 5.23. The van der Waals surface area contributed by atoms with Crippen LogP contribution in [-0.4, -0.2) is 49.4 Å². The number of nitrogens with zero attached hydrogens (tertiary/aromatic N) is 1. The molecule has 0 aromatic carbocycles. The van der Waals surface area contributed by atoms with E-state index in [0.717, 1.165) is 63.7 Å². The van der Waals surface area contributed by atoms with E-state index >= 15 is 0 Å². The van der Waals surface area contributed by atoms with Crippen LogP contribution in [0.3, 0.4) is 0 Å². The monoisotopic (exact) mass is 413 g/mol. The number of fused-ring (bicyclic) bond motifs is 11. The van der Waals surface area contributed by atoms with Crippen LogP contribution in [0.25, 0.3) is 0 Å². The largest absolute Gasteiger partial charge is 0.356 e. The zero-order valence-electron chi connectivity index (χ0n) is 18.7. The second-order valence-electron chi connectivity index (χ2n) is 9.82. The van der Waals surface area contributed by atoms with Crippen LogP contribution < -0.4 is 10.6 Å². The first-order valence-corrected chi connectivity index (χ1v) is 11.6. The fraction of sp³-hybridized carbons (Fsp3) is 0.680. The van der Waals surface area contributed by atoms with E-state index in [2.05, 4.69) is 48.3 Å². The summed E-state index contributed by atoms with van der Waals surface area (Å²) in [6.07, 6.45) is 8.51. The number of rotatable bonds is 1. The van der Waals surface area contributed by atoms with Gasteiger partial charge >= 0.3 is 0 Å². The summed E-state index contributed by atoms with van der Waals surface area (Å²) in [5.41, 5.74) is 2.40. The average Bonchev–Trinajstić information content (AvgIpc) is 2.70. The Morgan fingerprint density at radius 2 is 1.83 bits per heavy atom. The van der Waals surface area contributed by atoms with Crippen molar-refractivity contribution in [2.24, 2.45) is 23.2 Å². The van der Waals surface area contributed by atoms with E-state index in [4.69, 9.17) is 0 Å².